The van der Waals surface area contributed by atoms with Crippen LogP contribution < -0.4 is 23.8 Å². The van der Waals surface area contributed by atoms with Gasteiger partial charge in [-0.15, -0.1) is 0 Å². The minimum atomic E-state index is -4.34. The van der Waals surface area contributed by atoms with Gasteiger partial charge in [-0.1, -0.05) is 40.9 Å². The lowest BCUT2D eigenvalue weighted by Gasteiger charge is -2.26. The zero-order valence-electron chi connectivity index (χ0n) is 18.8. The quantitative estimate of drug-likeness (QED) is 0.372. The van der Waals surface area contributed by atoms with E-state index in [1.165, 1.54) is 57.7 Å². The molecule has 8 nitrogen and oxygen atoms in total. The van der Waals surface area contributed by atoms with E-state index in [4.69, 9.17) is 49.0 Å². The van der Waals surface area contributed by atoms with Crippen LogP contribution in [0.4, 0.5) is 11.4 Å². The Labute approximate surface area is 218 Å². The Bertz CT molecular complexity index is 1330. The molecule has 0 aliphatic heterocycles. The maximum absolute atomic E-state index is 13.8. The van der Waals surface area contributed by atoms with Crippen molar-refractivity contribution in [3.8, 4) is 17.2 Å². The molecule has 0 aliphatic rings. The van der Waals surface area contributed by atoms with E-state index < -0.39 is 22.5 Å². The number of anilines is 2. The number of hydrogen-bond donors (Lipinski definition) is 1. The van der Waals surface area contributed by atoms with Crippen molar-refractivity contribution in [3.63, 3.8) is 0 Å². The molecule has 0 heterocycles. The molecule has 0 atom stereocenters. The predicted molar refractivity (Wildman–Crippen MR) is 137 cm³/mol. The smallest absolute Gasteiger partial charge is 0.265 e. The number of carbonyl (C=O) groups is 1. The number of halogens is 3. The highest BCUT2D eigenvalue weighted by Crippen LogP contribution is 2.37. The Hall–Kier alpha value is -2.85. The molecular weight excluding hydrogens is 539 g/mol. The third-order valence-corrected chi connectivity index (χ3v) is 7.49. The average molecular weight is 560 g/mol. The summed E-state index contributed by atoms with van der Waals surface area (Å²) < 4.78 is 44.3. The van der Waals surface area contributed by atoms with Crippen molar-refractivity contribution in [2.45, 2.75) is 4.90 Å². The van der Waals surface area contributed by atoms with E-state index in [1.807, 2.05) is 0 Å². The Kier molecular flexibility index (Phi) is 8.60. The highest BCUT2D eigenvalue weighted by atomic mass is 35.5. The van der Waals surface area contributed by atoms with Gasteiger partial charge in [0.25, 0.3) is 10.0 Å². The first-order valence-electron chi connectivity index (χ1n) is 9.94. The molecule has 3 rings (SSSR count). The molecule has 35 heavy (non-hydrogen) atoms. The van der Waals surface area contributed by atoms with E-state index in [0.717, 1.165) is 4.31 Å². The molecule has 12 heteroatoms. The maximum Gasteiger partial charge on any atom is 0.265 e. The van der Waals surface area contributed by atoms with Crippen LogP contribution in [0.5, 0.6) is 17.2 Å². The van der Waals surface area contributed by atoms with Crippen LogP contribution >= 0.6 is 34.8 Å². The lowest BCUT2D eigenvalue weighted by Crippen LogP contribution is -2.38. The average Bonchev–Trinajstić information content (AvgIpc) is 2.84. The zero-order valence-corrected chi connectivity index (χ0v) is 21.9. The SMILES string of the molecule is COc1ccc(S(=O)(=O)N(CC(=O)Nc2c(Cl)cccc2Cl)c2cc(Cl)ccc2OC)cc1OC. The minimum Gasteiger partial charge on any atom is -0.495 e. The molecule has 3 aromatic rings. The molecule has 0 fully saturated rings. The fraction of sp³-hybridized carbons (Fsp3) is 0.174. The van der Waals surface area contributed by atoms with E-state index >= 15 is 0 Å². The van der Waals surface area contributed by atoms with Crippen LogP contribution in [0.25, 0.3) is 0 Å². The third kappa shape index (κ3) is 5.87. The second kappa shape index (κ2) is 11.3. The van der Waals surface area contributed by atoms with E-state index in [1.54, 1.807) is 18.2 Å². The van der Waals surface area contributed by atoms with Gasteiger partial charge in [0.05, 0.1) is 47.6 Å². The summed E-state index contributed by atoms with van der Waals surface area (Å²) >= 11 is 18.5. The Balaban J connectivity index is 2.10. The number of ether oxygens (including phenoxy) is 3. The van der Waals surface area contributed by atoms with Crippen molar-refractivity contribution in [2.75, 3.05) is 37.5 Å². The highest BCUT2D eigenvalue weighted by molar-refractivity contribution is 7.92. The first-order valence-corrected chi connectivity index (χ1v) is 12.5. The number of carbonyl (C=O) groups excluding carboxylic acids is 1. The van der Waals surface area contributed by atoms with Crippen LogP contribution in [-0.2, 0) is 14.8 Å². The van der Waals surface area contributed by atoms with Crippen LogP contribution in [0.2, 0.25) is 15.1 Å². The van der Waals surface area contributed by atoms with Crippen molar-refractivity contribution in [1.82, 2.24) is 0 Å². The summed E-state index contributed by atoms with van der Waals surface area (Å²) in [6, 6.07) is 13.2. The summed E-state index contributed by atoms with van der Waals surface area (Å²) in [5.41, 5.74) is 0.206. The number of hydrogen-bond acceptors (Lipinski definition) is 6. The molecule has 1 N–H and O–H groups in total. The minimum absolute atomic E-state index is 0.0511. The van der Waals surface area contributed by atoms with E-state index in [9.17, 15) is 13.2 Å². The van der Waals surface area contributed by atoms with E-state index in [2.05, 4.69) is 5.32 Å². The third-order valence-electron chi connectivity index (χ3n) is 4.87. The molecule has 0 saturated heterocycles. The molecule has 0 saturated carbocycles. The normalized spacial score (nSPS) is 11.0. The zero-order chi connectivity index (χ0) is 25.8. The molecule has 186 valence electrons. The topological polar surface area (TPSA) is 94.2 Å². The van der Waals surface area contributed by atoms with Gasteiger partial charge in [-0.25, -0.2) is 8.42 Å². The number of amides is 1. The second-order valence-corrected chi connectivity index (χ2v) is 10.1. The van der Waals surface area contributed by atoms with Gasteiger partial charge in [-0.2, -0.15) is 0 Å². The summed E-state index contributed by atoms with van der Waals surface area (Å²) in [7, 11) is -0.152. The van der Waals surface area contributed by atoms with Gasteiger partial charge < -0.3 is 19.5 Å². The summed E-state index contributed by atoms with van der Waals surface area (Å²) in [6.07, 6.45) is 0. The largest absolute Gasteiger partial charge is 0.495 e. The first kappa shape index (κ1) is 26.7. The fourth-order valence-electron chi connectivity index (χ4n) is 3.19. The standard InChI is InChI=1S/C23H21Cl3N2O6S/c1-32-19-9-7-14(24)11-18(19)28(13-22(29)27-23-16(25)5-4-6-17(23)26)35(30,31)15-8-10-20(33-2)21(12-15)34-3/h4-12H,13H2,1-3H3,(H,27,29). The first-order chi connectivity index (χ1) is 16.6. The van der Waals surface area contributed by atoms with Gasteiger partial charge in [0.15, 0.2) is 11.5 Å². The molecule has 0 spiro atoms. The molecule has 0 unspecified atom stereocenters. The Morgan fingerprint density at radius 1 is 0.857 bits per heavy atom. The number of nitrogens with one attached hydrogen (secondary N) is 1. The van der Waals surface area contributed by atoms with Crippen LogP contribution in [0.15, 0.2) is 59.5 Å². The van der Waals surface area contributed by atoms with Crippen LogP contribution in [0.3, 0.4) is 0 Å². The van der Waals surface area contributed by atoms with Crippen molar-refractivity contribution >= 4 is 62.1 Å². The lowest BCUT2D eigenvalue weighted by atomic mass is 10.3. The van der Waals surface area contributed by atoms with Crippen LogP contribution in [0, 0.1) is 0 Å². The van der Waals surface area contributed by atoms with Crippen molar-refractivity contribution in [3.05, 3.63) is 69.7 Å². The van der Waals surface area contributed by atoms with Gasteiger partial charge in [0.1, 0.15) is 12.3 Å². The second-order valence-electron chi connectivity index (χ2n) is 6.99. The molecule has 0 aliphatic carbocycles. The lowest BCUT2D eigenvalue weighted by molar-refractivity contribution is -0.114. The number of sulfonamides is 1. The van der Waals surface area contributed by atoms with Gasteiger partial charge in [-0.05, 0) is 42.5 Å². The number of benzene rings is 3. The van der Waals surface area contributed by atoms with Gasteiger partial charge in [0, 0.05) is 11.1 Å². The summed E-state index contributed by atoms with van der Waals surface area (Å²) in [4.78, 5) is 12.9. The maximum atomic E-state index is 13.8. The van der Waals surface area contributed by atoms with Crippen molar-refractivity contribution in [2.24, 2.45) is 0 Å². The summed E-state index contributed by atoms with van der Waals surface area (Å²) in [5.74, 6) is 0.0106. The Morgan fingerprint density at radius 3 is 2.06 bits per heavy atom. The summed E-state index contributed by atoms with van der Waals surface area (Å²) in [5, 5.41) is 3.20. The van der Waals surface area contributed by atoms with Crippen LogP contribution in [0.1, 0.15) is 0 Å². The molecule has 0 radical (unpaired) electrons. The molecule has 3 aromatic carbocycles. The van der Waals surface area contributed by atoms with Gasteiger partial charge in [0.2, 0.25) is 5.91 Å². The predicted octanol–water partition coefficient (Wildman–Crippen LogP) is 5.51. The molecule has 0 bridgehead atoms. The van der Waals surface area contributed by atoms with Crippen molar-refractivity contribution in [1.29, 1.82) is 0 Å². The van der Waals surface area contributed by atoms with Crippen LogP contribution in [-0.4, -0.2) is 42.2 Å². The van der Waals surface area contributed by atoms with E-state index in [0.29, 0.717) is 5.75 Å². The number of para-hydroxylation sites is 1. The highest BCUT2D eigenvalue weighted by Gasteiger charge is 2.31. The summed E-state index contributed by atoms with van der Waals surface area (Å²) in [6.45, 7) is -0.644. The number of rotatable bonds is 9. The number of nitrogens with zero attached hydrogens (tertiary/aromatic N) is 1. The molecule has 0 aromatic heterocycles. The van der Waals surface area contributed by atoms with Gasteiger partial charge >= 0.3 is 0 Å². The van der Waals surface area contributed by atoms with E-state index in [-0.39, 0.29) is 42.8 Å². The van der Waals surface area contributed by atoms with Gasteiger partial charge in [-0.3, -0.25) is 9.10 Å². The van der Waals surface area contributed by atoms with Crippen molar-refractivity contribution < 1.29 is 27.4 Å². The molecular formula is C23H21Cl3N2O6S. The molecule has 1 amide bonds. The monoisotopic (exact) mass is 558 g/mol. The fourth-order valence-corrected chi connectivity index (χ4v) is 5.29. The Morgan fingerprint density at radius 2 is 1.46 bits per heavy atom. The number of methoxy groups -OCH3 is 3.